The molecule has 150 valence electrons. The van der Waals surface area contributed by atoms with E-state index in [-0.39, 0.29) is 6.03 Å². The van der Waals surface area contributed by atoms with Gasteiger partial charge in [0.05, 0.1) is 0 Å². The van der Waals surface area contributed by atoms with Gasteiger partial charge < -0.3 is 20.0 Å². The molecule has 2 fully saturated rings. The van der Waals surface area contributed by atoms with Crippen LogP contribution in [0.1, 0.15) is 31.2 Å². The highest BCUT2D eigenvalue weighted by Crippen LogP contribution is 2.19. The molecule has 8 heteroatoms. The molecule has 0 atom stereocenters. The van der Waals surface area contributed by atoms with E-state index in [0.717, 1.165) is 55.8 Å². The van der Waals surface area contributed by atoms with Crippen LogP contribution in [-0.2, 0) is 6.54 Å². The molecule has 0 radical (unpaired) electrons. The SMILES string of the molecule is O=C(NCc1ccc(N2CCCCCC2)nc1)N1CCN(c2nccs2)CC1. The molecule has 0 aliphatic carbocycles. The first-order valence-corrected chi connectivity index (χ1v) is 11.0. The molecule has 7 nitrogen and oxygen atoms in total. The fourth-order valence-corrected chi connectivity index (χ4v) is 4.47. The summed E-state index contributed by atoms with van der Waals surface area (Å²) < 4.78 is 0. The van der Waals surface area contributed by atoms with Gasteiger partial charge in [-0.25, -0.2) is 14.8 Å². The number of urea groups is 1. The number of anilines is 2. The highest BCUT2D eigenvalue weighted by molar-refractivity contribution is 7.13. The minimum Gasteiger partial charge on any atom is -0.357 e. The average molecular weight is 401 g/mol. The van der Waals surface area contributed by atoms with Crippen LogP contribution in [0.15, 0.2) is 29.9 Å². The minimum absolute atomic E-state index is 0.00427. The molecule has 2 aromatic heterocycles. The second kappa shape index (κ2) is 9.23. The summed E-state index contributed by atoms with van der Waals surface area (Å²) in [6.07, 6.45) is 8.84. The molecule has 2 saturated heterocycles. The van der Waals surface area contributed by atoms with Crippen LogP contribution in [0.4, 0.5) is 15.7 Å². The molecule has 0 spiro atoms. The summed E-state index contributed by atoms with van der Waals surface area (Å²) in [5.74, 6) is 1.05. The van der Waals surface area contributed by atoms with Crippen LogP contribution in [0.3, 0.4) is 0 Å². The second-order valence-corrected chi connectivity index (χ2v) is 8.25. The van der Waals surface area contributed by atoms with Crippen molar-refractivity contribution in [3.8, 4) is 0 Å². The van der Waals surface area contributed by atoms with Gasteiger partial charge in [0.25, 0.3) is 0 Å². The van der Waals surface area contributed by atoms with Gasteiger partial charge in [0.15, 0.2) is 5.13 Å². The van der Waals surface area contributed by atoms with Crippen LogP contribution in [0.25, 0.3) is 0 Å². The third-order valence-electron chi connectivity index (χ3n) is 5.44. The highest BCUT2D eigenvalue weighted by atomic mass is 32.1. The quantitative estimate of drug-likeness (QED) is 0.855. The van der Waals surface area contributed by atoms with E-state index >= 15 is 0 Å². The van der Waals surface area contributed by atoms with Crippen LogP contribution >= 0.6 is 11.3 Å². The molecular weight excluding hydrogens is 372 g/mol. The van der Waals surface area contributed by atoms with E-state index in [9.17, 15) is 4.79 Å². The van der Waals surface area contributed by atoms with Crippen LogP contribution < -0.4 is 15.1 Å². The van der Waals surface area contributed by atoms with Crippen molar-refractivity contribution in [3.63, 3.8) is 0 Å². The zero-order valence-electron chi connectivity index (χ0n) is 16.2. The topological polar surface area (TPSA) is 64.6 Å². The van der Waals surface area contributed by atoms with Gasteiger partial charge in [-0.05, 0) is 24.5 Å². The molecule has 4 rings (SSSR count). The van der Waals surface area contributed by atoms with Gasteiger partial charge in [-0.1, -0.05) is 18.9 Å². The molecule has 2 aromatic rings. The van der Waals surface area contributed by atoms with Crippen molar-refractivity contribution in [2.45, 2.75) is 32.2 Å². The third kappa shape index (κ3) is 4.73. The van der Waals surface area contributed by atoms with Crippen LogP contribution in [0.5, 0.6) is 0 Å². The van der Waals surface area contributed by atoms with Gasteiger partial charge in [0.1, 0.15) is 5.82 Å². The number of hydrogen-bond acceptors (Lipinski definition) is 6. The summed E-state index contributed by atoms with van der Waals surface area (Å²) in [6, 6.07) is 4.16. The molecular formula is C20H28N6OS. The second-order valence-electron chi connectivity index (χ2n) is 7.37. The first kappa shape index (κ1) is 19.0. The Morgan fingerprint density at radius 1 is 0.964 bits per heavy atom. The fraction of sp³-hybridized carbons (Fsp3) is 0.550. The molecule has 4 heterocycles. The Morgan fingerprint density at radius 2 is 1.75 bits per heavy atom. The smallest absolute Gasteiger partial charge is 0.317 e. The lowest BCUT2D eigenvalue weighted by molar-refractivity contribution is 0.194. The van der Waals surface area contributed by atoms with Crippen molar-refractivity contribution in [1.29, 1.82) is 0 Å². The Hall–Kier alpha value is -2.35. The molecule has 0 bridgehead atoms. The summed E-state index contributed by atoms with van der Waals surface area (Å²) in [5, 5.41) is 6.05. The van der Waals surface area contributed by atoms with Gasteiger partial charge >= 0.3 is 6.03 Å². The normalized spacial score (nSPS) is 18.1. The number of rotatable bonds is 4. The summed E-state index contributed by atoms with van der Waals surface area (Å²) in [5.41, 5.74) is 1.04. The summed E-state index contributed by atoms with van der Waals surface area (Å²) in [6.45, 7) is 5.79. The van der Waals surface area contributed by atoms with Crippen LogP contribution in [-0.4, -0.2) is 60.2 Å². The third-order valence-corrected chi connectivity index (χ3v) is 6.27. The Morgan fingerprint density at radius 3 is 2.39 bits per heavy atom. The van der Waals surface area contributed by atoms with Crippen molar-refractivity contribution in [2.75, 3.05) is 49.1 Å². The van der Waals surface area contributed by atoms with Gasteiger partial charge in [-0.15, -0.1) is 11.3 Å². The summed E-state index contributed by atoms with van der Waals surface area (Å²) in [4.78, 5) is 27.9. The number of pyridine rings is 1. The zero-order chi connectivity index (χ0) is 19.2. The molecule has 0 saturated carbocycles. The summed E-state index contributed by atoms with van der Waals surface area (Å²) in [7, 11) is 0. The lowest BCUT2D eigenvalue weighted by Gasteiger charge is -2.34. The van der Waals surface area contributed by atoms with E-state index < -0.39 is 0 Å². The monoisotopic (exact) mass is 400 g/mol. The lowest BCUT2D eigenvalue weighted by Crippen LogP contribution is -2.51. The van der Waals surface area contributed by atoms with E-state index in [1.54, 1.807) is 11.3 Å². The number of hydrogen-bond donors (Lipinski definition) is 1. The Balaban J connectivity index is 1.23. The number of nitrogens with zero attached hydrogens (tertiary/aromatic N) is 5. The molecule has 0 unspecified atom stereocenters. The molecule has 0 aromatic carbocycles. The first-order chi connectivity index (χ1) is 13.8. The number of carbonyl (C=O) groups is 1. The Labute approximate surface area is 170 Å². The minimum atomic E-state index is -0.00427. The van der Waals surface area contributed by atoms with Gasteiger partial charge in [0, 0.05) is 63.6 Å². The van der Waals surface area contributed by atoms with Crippen LogP contribution in [0, 0.1) is 0 Å². The predicted molar refractivity (Wildman–Crippen MR) is 113 cm³/mol. The van der Waals surface area contributed by atoms with Crippen molar-refractivity contribution in [3.05, 3.63) is 35.5 Å². The first-order valence-electron chi connectivity index (χ1n) is 10.2. The van der Waals surface area contributed by atoms with Crippen molar-refractivity contribution >= 4 is 28.3 Å². The standard InChI is InChI=1S/C20H28N6OS/c27-19(25-10-12-26(13-11-25)20-21-7-14-28-20)23-16-17-5-6-18(22-15-17)24-8-3-1-2-4-9-24/h5-7,14-15H,1-4,8-13,16H2,(H,23,27). The maximum atomic E-state index is 12.5. The number of nitrogens with one attached hydrogen (secondary N) is 1. The molecule has 1 N–H and O–H groups in total. The van der Waals surface area contributed by atoms with Crippen molar-refractivity contribution < 1.29 is 4.79 Å². The van der Waals surface area contributed by atoms with E-state index in [1.807, 2.05) is 22.7 Å². The average Bonchev–Trinajstić information content (AvgIpc) is 3.15. The highest BCUT2D eigenvalue weighted by Gasteiger charge is 2.22. The molecule has 2 aliphatic rings. The maximum Gasteiger partial charge on any atom is 0.317 e. The number of piperazine rings is 1. The number of carbonyl (C=O) groups excluding carboxylic acids is 1. The van der Waals surface area contributed by atoms with Crippen molar-refractivity contribution in [2.24, 2.45) is 0 Å². The van der Waals surface area contributed by atoms with Gasteiger partial charge in [-0.2, -0.15) is 0 Å². The fourth-order valence-electron chi connectivity index (χ4n) is 3.77. The Bertz CT molecular complexity index is 735. The van der Waals surface area contributed by atoms with Gasteiger partial charge in [-0.3, -0.25) is 0 Å². The largest absolute Gasteiger partial charge is 0.357 e. The number of aromatic nitrogens is 2. The number of amides is 2. The molecule has 2 aliphatic heterocycles. The van der Waals surface area contributed by atoms with E-state index in [2.05, 4.69) is 37.2 Å². The Kier molecular flexibility index (Phi) is 6.26. The summed E-state index contributed by atoms with van der Waals surface area (Å²) >= 11 is 1.64. The van der Waals surface area contributed by atoms with Crippen molar-refractivity contribution in [1.82, 2.24) is 20.2 Å². The number of thiazole rings is 1. The van der Waals surface area contributed by atoms with Crippen LogP contribution in [0.2, 0.25) is 0 Å². The van der Waals surface area contributed by atoms with E-state index in [0.29, 0.717) is 6.54 Å². The molecule has 2 amide bonds. The zero-order valence-corrected chi connectivity index (χ0v) is 17.0. The molecule has 28 heavy (non-hydrogen) atoms. The lowest BCUT2D eigenvalue weighted by atomic mass is 10.2. The van der Waals surface area contributed by atoms with E-state index in [1.165, 1.54) is 25.7 Å². The van der Waals surface area contributed by atoms with Gasteiger partial charge in [0.2, 0.25) is 0 Å². The predicted octanol–water partition coefficient (Wildman–Crippen LogP) is 2.95. The maximum absolute atomic E-state index is 12.5. The van der Waals surface area contributed by atoms with E-state index in [4.69, 9.17) is 0 Å².